The van der Waals surface area contributed by atoms with Gasteiger partial charge in [0, 0.05) is 30.9 Å². The molecule has 8 heteroatoms. The Morgan fingerprint density at radius 2 is 1.67 bits per heavy atom. The van der Waals surface area contributed by atoms with E-state index in [-0.39, 0.29) is 11.5 Å². The van der Waals surface area contributed by atoms with E-state index in [2.05, 4.69) is 16.5 Å². The van der Waals surface area contributed by atoms with Crippen molar-refractivity contribution in [2.24, 2.45) is 0 Å². The quantitative estimate of drug-likeness (QED) is 0.306. The Balaban J connectivity index is 1.47. The first-order chi connectivity index (χ1) is 17.5. The van der Waals surface area contributed by atoms with Gasteiger partial charge in [-0.2, -0.15) is 0 Å². The van der Waals surface area contributed by atoms with Crippen LogP contribution in [0.25, 0.3) is 11.1 Å². The molecule has 4 aromatic rings. The number of nitrogens with one attached hydrogen (secondary N) is 1. The van der Waals surface area contributed by atoms with Crippen LogP contribution < -0.4 is 4.72 Å². The zero-order chi connectivity index (χ0) is 25.4. The van der Waals surface area contributed by atoms with Gasteiger partial charge in [-0.25, -0.2) is 22.9 Å². The summed E-state index contributed by atoms with van der Waals surface area (Å²) in [5.41, 5.74) is 3.07. The molecule has 4 rings (SSSR count). The molecule has 0 aliphatic heterocycles. The van der Waals surface area contributed by atoms with Crippen LogP contribution in [0, 0.1) is 0 Å². The van der Waals surface area contributed by atoms with Crippen LogP contribution in [0.4, 0.5) is 4.79 Å². The highest BCUT2D eigenvalue weighted by Gasteiger charge is 2.22. The smallest absolute Gasteiger partial charge is 0.421 e. The highest BCUT2D eigenvalue weighted by atomic mass is 32.2. The molecule has 186 valence electrons. The molecular weight excluding hydrogens is 474 g/mol. The summed E-state index contributed by atoms with van der Waals surface area (Å²) >= 11 is 0. The van der Waals surface area contributed by atoms with Crippen molar-refractivity contribution in [2.75, 3.05) is 0 Å². The molecule has 0 aliphatic rings. The molecule has 36 heavy (non-hydrogen) atoms. The minimum absolute atomic E-state index is 0.00544. The number of unbranched alkanes of at least 4 members (excludes halogenated alkanes) is 1. The Bertz CT molecular complexity index is 1400. The van der Waals surface area contributed by atoms with E-state index in [1.165, 1.54) is 6.07 Å². The van der Waals surface area contributed by atoms with Gasteiger partial charge >= 0.3 is 6.09 Å². The summed E-state index contributed by atoms with van der Waals surface area (Å²) in [5.74, 6) is 1.06. The van der Waals surface area contributed by atoms with Gasteiger partial charge in [0.15, 0.2) is 0 Å². The molecule has 0 unspecified atom stereocenters. The van der Waals surface area contributed by atoms with E-state index in [1.807, 2.05) is 59.6 Å². The Labute approximate surface area is 211 Å². The van der Waals surface area contributed by atoms with Crippen molar-refractivity contribution >= 4 is 16.1 Å². The molecule has 1 N–H and O–H groups in total. The van der Waals surface area contributed by atoms with E-state index in [0.29, 0.717) is 12.1 Å². The fourth-order valence-corrected chi connectivity index (χ4v) is 5.01. The van der Waals surface area contributed by atoms with Crippen molar-refractivity contribution in [1.82, 2.24) is 14.3 Å². The number of nitrogens with zero attached hydrogens (tertiary/aromatic N) is 2. The first-order valence-corrected chi connectivity index (χ1v) is 13.4. The number of carbonyl (C=O) groups is 1. The van der Waals surface area contributed by atoms with Crippen LogP contribution in [0.2, 0.25) is 0 Å². The number of sulfonamides is 1. The van der Waals surface area contributed by atoms with E-state index in [4.69, 9.17) is 4.74 Å². The predicted octanol–water partition coefficient (Wildman–Crippen LogP) is 5.56. The lowest BCUT2D eigenvalue weighted by atomic mass is 10.0. The number of rotatable bonds is 10. The summed E-state index contributed by atoms with van der Waals surface area (Å²) in [6, 6.07) is 23.4. The van der Waals surface area contributed by atoms with Crippen LogP contribution in [0.15, 0.2) is 96.2 Å². The van der Waals surface area contributed by atoms with Crippen molar-refractivity contribution in [3.8, 4) is 11.1 Å². The minimum Gasteiger partial charge on any atom is -0.444 e. The highest BCUT2D eigenvalue weighted by Crippen LogP contribution is 2.28. The first-order valence-electron chi connectivity index (χ1n) is 11.9. The Kier molecular flexibility index (Phi) is 8.17. The third-order valence-electron chi connectivity index (χ3n) is 5.78. The van der Waals surface area contributed by atoms with Crippen molar-refractivity contribution in [1.29, 1.82) is 0 Å². The summed E-state index contributed by atoms with van der Waals surface area (Å²) in [6.45, 7) is 2.82. The number of aryl methyl sites for hydroxylation is 1. The van der Waals surface area contributed by atoms with Crippen LogP contribution in [0.5, 0.6) is 0 Å². The average molecular weight is 504 g/mol. The maximum absolute atomic E-state index is 13.0. The fourth-order valence-electron chi connectivity index (χ4n) is 3.89. The van der Waals surface area contributed by atoms with Gasteiger partial charge in [-0.3, -0.25) is 0 Å². The molecule has 0 spiro atoms. The molecular formula is C28H29N3O4S. The third kappa shape index (κ3) is 6.40. The molecule has 0 saturated heterocycles. The van der Waals surface area contributed by atoms with Crippen LogP contribution in [-0.4, -0.2) is 24.1 Å². The lowest BCUT2D eigenvalue weighted by molar-refractivity contribution is 0.146. The normalized spacial score (nSPS) is 11.2. The SMILES string of the molecule is CCCCc1nccn1Cc1ccc(-c2ccccc2S(=O)(=O)NC(=O)OCc2ccccc2)cc1. The number of ether oxygens (including phenoxy) is 1. The maximum atomic E-state index is 13.0. The fraction of sp³-hybridized carbons (Fsp3) is 0.214. The number of hydrogen-bond acceptors (Lipinski definition) is 5. The van der Waals surface area contributed by atoms with Gasteiger partial charge in [0.05, 0.1) is 4.90 Å². The van der Waals surface area contributed by atoms with Gasteiger partial charge in [-0.1, -0.05) is 86.1 Å². The van der Waals surface area contributed by atoms with Gasteiger partial charge in [-0.15, -0.1) is 0 Å². The Hall–Kier alpha value is -3.91. The average Bonchev–Trinajstić information content (AvgIpc) is 3.34. The van der Waals surface area contributed by atoms with Gasteiger partial charge in [0.1, 0.15) is 12.4 Å². The standard InChI is InChI=1S/C28H29N3O4S/c1-2-3-13-27-29-18-19-31(27)20-22-14-16-24(17-15-22)25-11-7-8-12-26(25)36(33,34)30-28(32)35-21-23-9-5-4-6-10-23/h4-12,14-19H,2-3,13,20-21H2,1H3,(H,30,32). The second-order valence-electron chi connectivity index (χ2n) is 8.44. The maximum Gasteiger partial charge on any atom is 0.421 e. The monoisotopic (exact) mass is 503 g/mol. The molecule has 0 aliphatic carbocycles. The predicted molar refractivity (Wildman–Crippen MR) is 139 cm³/mol. The topological polar surface area (TPSA) is 90.3 Å². The van der Waals surface area contributed by atoms with E-state index < -0.39 is 16.1 Å². The largest absolute Gasteiger partial charge is 0.444 e. The Morgan fingerprint density at radius 3 is 2.42 bits per heavy atom. The highest BCUT2D eigenvalue weighted by molar-refractivity contribution is 7.90. The number of benzene rings is 3. The molecule has 0 fully saturated rings. The number of amides is 1. The van der Waals surface area contributed by atoms with Crippen LogP contribution in [-0.2, 0) is 34.3 Å². The molecule has 1 heterocycles. The molecule has 0 saturated carbocycles. The summed E-state index contributed by atoms with van der Waals surface area (Å²) in [6.07, 6.45) is 5.91. The molecule has 7 nitrogen and oxygen atoms in total. The van der Waals surface area contributed by atoms with Crippen molar-refractivity contribution in [2.45, 2.75) is 44.2 Å². The van der Waals surface area contributed by atoms with Crippen LogP contribution in [0.1, 0.15) is 36.7 Å². The van der Waals surface area contributed by atoms with Gasteiger partial charge < -0.3 is 9.30 Å². The Morgan fingerprint density at radius 1 is 0.944 bits per heavy atom. The summed E-state index contributed by atoms with van der Waals surface area (Å²) in [7, 11) is -4.15. The van der Waals surface area contributed by atoms with Gasteiger partial charge in [0.2, 0.25) is 0 Å². The summed E-state index contributed by atoms with van der Waals surface area (Å²) < 4.78 is 35.3. The van der Waals surface area contributed by atoms with E-state index >= 15 is 0 Å². The molecule has 0 atom stereocenters. The zero-order valence-corrected chi connectivity index (χ0v) is 20.9. The number of carbonyl (C=O) groups excluding carboxylic acids is 1. The molecule has 1 aromatic heterocycles. The zero-order valence-electron chi connectivity index (χ0n) is 20.1. The minimum atomic E-state index is -4.15. The second-order valence-corrected chi connectivity index (χ2v) is 10.1. The van der Waals surface area contributed by atoms with E-state index in [1.54, 1.807) is 30.3 Å². The van der Waals surface area contributed by atoms with Crippen molar-refractivity contribution in [3.05, 3.63) is 108 Å². The van der Waals surface area contributed by atoms with E-state index in [0.717, 1.165) is 41.8 Å². The van der Waals surface area contributed by atoms with Crippen LogP contribution >= 0.6 is 0 Å². The van der Waals surface area contributed by atoms with Crippen LogP contribution in [0.3, 0.4) is 0 Å². The first kappa shape index (κ1) is 25.2. The second kappa shape index (κ2) is 11.7. The van der Waals surface area contributed by atoms with Gasteiger partial charge in [0.25, 0.3) is 10.0 Å². The lowest BCUT2D eigenvalue weighted by Crippen LogP contribution is -2.31. The number of aromatic nitrogens is 2. The number of hydrogen-bond donors (Lipinski definition) is 1. The van der Waals surface area contributed by atoms with Gasteiger partial charge in [-0.05, 0) is 29.2 Å². The molecule has 1 amide bonds. The van der Waals surface area contributed by atoms with E-state index in [9.17, 15) is 13.2 Å². The summed E-state index contributed by atoms with van der Waals surface area (Å²) in [4.78, 5) is 16.7. The third-order valence-corrected chi connectivity index (χ3v) is 7.15. The van der Waals surface area contributed by atoms with Crippen molar-refractivity contribution < 1.29 is 17.9 Å². The lowest BCUT2D eigenvalue weighted by Gasteiger charge is -2.13. The molecule has 0 bridgehead atoms. The number of imidazole rings is 1. The summed E-state index contributed by atoms with van der Waals surface area (Å²) in [5, 5.41) is 0. The molecule has 0 radical (unpaired) electrons. The molecule has 3 aromatic carbocycles. The van der Waals surface area contributed by atoms with Crippen molar-refractivity contribution in [3.63, 3.8) is 0 Å².